The number of nitrogens with one attached hydrogen (secondary N) is 1. The van der Waals surface area contributed by atoms with E-state index in [2.05, 4.69) is 66.8 Å². The molecule has 0 amide bonds. The lowest BCUT2D eigenvalue weighted by Crippen LogP contribution is -2.33. The summed E-state index contributed by atoms with van der Waals surface area (Å²) < 4.78 is 0. The Morgan fingerprint density at radius 3 is 2.11 bits per heavy atom. The predicted molar refractivity (Wildman–Crippen MR) is 80.2 cm³/mol. The lowest BCUT2D eigenvalue weighted by atomic mass is 10.0. The lowest BCUT2D eigenvalue weighted by Gasteiger charge is -2.22. The van der Waals surface area contributed by atoms with Gasteiger partial charge >= 0.3 is 0 Å². The van der Waals surface area contributed by atoms with Gasteiger partial charge in [0.05, 0.1) is 0 Å². The molecule has 0 aliphatic heterocycles. The highest BCUT2D eigenvalue weighted by Gasteiger charge is 2.23. The monoisotopic (exact) mass is 251 g/mol. The molecule has 0 fully saturated rings. The van der Waals surface area contributed by atoms with Crippen LogP contribution in [0.3, 0.4) is 0 Å². The maximum atomic E-state index is 3.83. The molecule has 1 aliphatic rings. The van der Waals surface area contributed by atoms with E-state index in [-0.39, 0.29) is 0 Å². The van der Waals surface area contributed by atoms with E-state index in [4.69, 9.17) is 0 Å². The lowest BCUT2D eigenvalue weighted by molar-refractivity contribution is 0.435. The molecule has 0 saturated carbocycles. The van der Waals surface area contributed by atoms with Crippen molar-refractivity contribution < 1.29 is 0 Å². The van der Waals surface area contributed by atoms with Gasteiger partial charge in [0, 0.05) is 12.1 Å². The maximum Gasteiger partial charge on any atom is 0.0320 e. The molecular formula is C18H21N. The molecule has 19 heavy (non-hydrogen) atoms. The molecule has 98 valence electrons. The first-order valence-corrected chi connectivity index (χ1v) is 7.24. The third kappa shape index (κ3) is 2.71. The Balaban J connectivity index is 1.69. The van der Waals surface area contributed by atoms with Gasteiger partial charge in [0.2, 0.25) is 0 Å². The van der Waals surface area contributed by atoms with Crippen LogP contribution < -0.4 is 5.32 Å². The van der Waals surface area contributed by atoms with Crippen LogP contribution in [0.1, 0.15) is 36.1 Å². The summed E-state index contributed by atoms with van der Waals surface area (Å²) in [5, 5.41) is 3.83. The Morgan fingerprint density at radius 2 is 1.53 bits per heavy atom. The van der Waals surface area contributed by atoms with E-state index in [9.17, 15) is 0 Å². The highest BCUT2D eigenvalue weighted by Crippen LogP contribution is 2.25. The Kier molecular flexibility index (Phi) is 3.65. The molecule has 0 radical (unpaired) electrons. The van der Waals surface area contributed by atoms with Crippen molar-refractivity contribution in [1.29, 1.82) is 0 Å². The van der Waals surface area contributed by atoms with Crippen molar-refractivity contribution in [3.63, 3.8) is 0 Å². The van der Waals surface area contributed by atoms with Crippen LogP contribution in [0, 0.1) is 0 Å². The number of hydrogen-bond donors (Lipinski definition) is 1. The first kappa shape index (κ1) is 12.4. The van der Waals surface area contributed by atoms with Crippen molar-refractivity contribution in [2.24, 2.45) is 0 Å². The Hall–Kier alpha value is -1.60. The van der Waals surface area contributed by atoms with Crippen LogP contribution in [0.5, 0.6) is 0 Å². The normalized spacial score (nSPS) is 16.3. The standard InChI is InChI=1S/C18H21N/c1-2-18(14-8-4-3-5-9-14)19-17-12-15-10-6-7-11-16(15)13-17/h3-11,17-19H,2,12-13H2,1H3. The molecule has 1 N–H and O–H groups in total. The molecule has 1 unspecified atom stereocenters. The minimum absolute atomic E-state index is 0.473. The minimum Gasteiger partial charge on any atom is -0.307 e. The van der Waals surface area contributed by atoms with Crippen LogP contribution in [-0.2, 0) is 12.8 Å². The van der Waals surface area contributed by atoms with Crippen molar-refractivity contribution in [2.75, 3.05) is 0 Å². The van der Waals surface area contributed by atoms with Crippen LogP contribution in [0.2, 0.25) is 0 Å². The highest BCUT2D eigenvalue weighted by atomic mass is 15.0. The number of fused-ring (bicyclic) bond motifs is 1. The molecule has 1 atom stereocenters. The van der Waals surface area contributed by atoms with E-state index in [1.54, 1.807) is 0 Å². The fourth-order valence-electron chi connectivity index (χ4n) is 3.10. The summed E-state index contributed by atoms with van der Waals surface area (Å²) >= 11 is 0. The topological polar surface area (TPSA) is 12.0 Å². The van der Waals surface area contributed by atoms with E-state index >= 15 is 0 Å². The third-order valence-corrected chi connectivity index (χ3v) is 4.10. The molecule has 2 aromatic carbocycles. The Bertz CT molecular complexity index is 507. The summed E-state index contributed by atoms with van der Waals surface area (Å²) in [6.07, 6.45) is 3.47. The smallest absolute Gasteiger partial charge is 0.0320 e. The summed E-state index contributed by atoms with van der Waals surface area (Å²) in [5.74, 6) is 0. The molecule has 1 heteroatoms. The van der Waals surface area contributed by atoms with Crippen molar-refractivity contribution in [3.05, 3.63) is 71.3 Å². The van der Waals surface area contributed by atoms with Gasteiger partial charge < -0.3 is 5.32 Å². The molecule has 0 saturated heterocycles. The summed E-state index contributed by atoms with van der Waals surface area (Å²) in [6, 6.07) is 20.7. The van der Waals surface area contributed by atoms with Gasteiger partial charge in [-0.3, -0.25) is 0 Å². The van der Waals surface area contributed by atoms with Gasteiger partial charge in [0.15, 0.2) is 0 Å². The van der Waals surface area contributed by atoms with E-state index in [0.29, 0.717) is 12.1 Å². The molecule has 0 heterocycles. The molecular weight excluding hydrogens is 230 g/mol. The summed E-state index contributed by atoms with van der Waals surface area (Å²) in [6.45, 7) is 2.26. The molecule has 2 aromatic rings. The Morgan fingerprint density at radius 1 is 0.947 bits per heavy atom. The Labute approximate surface area is 115 Å². The van der Waals surface area contributed by atoms with Crippen LogP contribution in [-0.4, -0.2) is 6.04 Å². The van der Waals surface area contributed by atoms with Gasteiger partial charge in [-0.05, 0) is 36.0 Å². The largest absolute Gasteiger partial charge is 0.307 e. The average Bonchev–Trinajstić information content (AvgIpc) is 2.88. The van der Waals surface area contributed by atoms with Crippen LogP contribution in [0.25, 0.3) is 0 Å². The zero-order chi connectivity index (χ0) is 13.1. The van der Waals surface area contributed by atoms with Gasteiger partial charge in [0.1, 0.15) is 0 Å². The molecule has 1 aliphatic carbocycles. The molecule has 3 rings (SSSR count). The number of benzene rings is 2. The first-order valence-electron chi connectivity index (χ1n) is 7.24. The van der Waals surface area contributed by atoms with E-state index < -0.39 is 0 Å². The number of hydrogen-bond acceptors (Lipinski definition) is 1. The van der Waals surface area contributed by atoms with Crippen molar-refractivity contribution >= 4 is 0 Å². The second-order valence-electron chi connectivity index (χ2n) is 5.41. The van der Waals surface area contributed by atoms with Crippen molar-refractivity contribution in [2.45, 2.75) is 38.3 Å². The fraction of sp³-hybridized carbons (Fsp3) is 0.333. The zero-order valence-corrected chi connectivity index (χ0v) is 11.5. The van der Waals surface area contributed by atoms with E-state index in [1.165, 1.54) is 29.5 Å². The van der Waals surface area contributed by atoms with Crippen LogP contribution >= 0.6 is 0 Å². The summed E-state index contributed by atoms with van der Waals surface area (Å²) in [4.78, 5) is 0. The van der Waals surface area contributed by atoms with Crippen LogP contribution in [0.15, 0.2) is 54.6 Å². The van der Waals surface area contributed by atoms with Crippen LogP contribution in [0.4, 0.5) is 0 Å². The molecule has 1 nitrogen and oxygen atoms in total. The second kappa shape index (κ2) is 5.58. The third-order valence-electron chi connectivity index (χ3n) is 4.10. The van der Waals surface area contributed by atoms with E-state index in [0.717, 1.165) is 6.42 Å². The van der Waals surface area contributed by atoms with Gasteiger partial charge in [-0.2, -0.15) is 0 Å². The fourth-order valence-corrected chi connectivity index (χ4v) is 3.10. The molecule has 0 spiro atoms. The highest BCUT2D eigenvalue weighted by molar-refractivity contribution is 5.33. The van der Waals surface area contributed by atoms with Crippen molar-refractivity contribution in [1.82, 2.24) is 5.32 Å². The number of rotatable bonds is 4. The SMILES string of the molecule is CCC(NC1Cc2ccccc2C1)c1ccccc1. The summed E-state index contributed by atoms with van der Waals surface area (Å²) in [5.41, 5.74) is 4.44. The second-order valence-corrected chi connectivity index (χ2v) is 5.41. The van der Waals surface area contributed by atoms with Gasteiger partial charge in [-0.25, -0.2) is 0 Å². The van der Waals surface area contributed by atoms with Gasteiger partial charge in [-0.1, -0.05) is 61.5 Å². The predicted octanol–water partition coefficient (Wildman–Crippen LogP) is 3.89. The summed E-state index contributed by atoms with van der Waals surface area (Å²) in [7, 11) is 0. The minimum atomic E-state index is 0.473. The van der Waals surface area contributed by atoms with E-state index in [1.807, 2.05) is 0 Å². The van der Waals surface area contributed by atoms with Gasteiger partial charge in [0.25, 0.3) is 0 Å². The maximum absolute atomic E-state index is 3.83. The zero-order valence-electron chi connectivity index (χ0n) is 11.5. The first-order chi connectivity index (χ1) is 9.36. The van der Waals surface area contributed by atoms with Gasteiger partial charge in [-0.15, -0.1) is 0 Å². The average molecular weight is 251 g/mol. The van der Waals surface area contributed by atoms with Crippen molar-refractivity contribution in [3.8, 4) is 0 Å². The quantitative estimate of drug-likeness (QED) is 0.869. The molecule has 0 aromatic heterocycles. The molecule has 0 bridgehead atoms.